The highest BCUT2D eigenvalue weighted by Gasteiger charge is 2.01. The molecule has 0 heterocycles. The number of rotatable bonds is 2. The molecule has 0 aromatic carbocycles. The molecule has 0 spiro atoms. The summed E-state index contributed by atoms with van der Waals surface area (Å²) in [6.45, 7) is -0.826. The summed E-state index contributed by atoms with van der Waals surface area (Å²) in [5.74, 6) is -0.966. The number of carboxylic acid groups (broad SMARTS) is 2. The fraction of sp³-hybridized carbons (Fsp3) is 0.167. The van der Waals surface area contributed by atoms with Crippen LogP contribution in [-0.2, 0) is 19.1 Å². The smallest absolute Gasteiger partial charge is 0.385 e. The van der Waals surface area contributed by atoms with Crippen molar-refractivity contribution in [3.05, 3.63) is 0 Å². The first kappa shape index (κ1) is 9.97. The van der Waals surface area contributed by atoms with E-state index in [1.807, 2.05) is 0 Å². The Hall–Kier alpha value is -2.03. The van der Waals surface area contributed by atoms with Crippen LogP contribution in [0.4, 0.5) is 0 Å². The number of hydrogen-bond donors (Lipinski definition) is 2. The minimum absolute atomic E-state index is 0.826. The van der Waals surface area contributed by atoms with Gasteiger partial charge in [-0.1, -0.05) is 0 Å². The lowest BCUT2D eigenvalue weighted by atomic mass is 10.6. The van der Waals surface area contributed by atoms with E-state index in [0.29, 0.717) is 0 Å². The monoisotopic (exact) mass is 172 g/mol. The summed E-state index contributed by atoms with van der Waals surface area (Å²) in [5, 5.41) is 15.9. The molecule has 0 radical (unpaired) electrons. The van der Waals surface area contributed by atoms with Crippen molar-refractivity contribution in [3.63, 3.8) is 0 Å². The van der Waals surface area contributed by atoms with Gasteiger partial charge in [0.25, 0.3) is 0 Å². The van der Waals surface area contributed by atoms with E-state index in [9.17, 15) is 14.4 Å². The maximum absolute atomic E-state index is 10.3. The predicted molar refractivity (Wildman–Crippen MR) is 34.0 cm³/mol. The molecule has 0 amide bonds. The molecular formula is C6H4O6. The summed E-state index contributed by atoms with van der Waals surface area (Å²) in [4.78, 5) is 29.9. The highest BCUT2D eigenvalue weighted by Crippen LogP contribution is 1.75. The van der Waals surface area contributed by atoms with Crippen LogP contribution < -0.4 is 0 Å². The summed E-state index contributed by atoms with van der Waals surface area (Å²) in [7, 11) is 0. The summed E-state index contributed by atoms with van der Waals surface area (Å²) in [5.41, 5.74) is 0. The van der Waals surface area contributed by atoms with Gasteiger partial charge in [-0.3, -0.25) is 0 Å². The number of ether oxygens (including phenoxy) is 1. The van der Waals surface area contributed by atoms with Gasteiger partial charge in [0.05, 0.1) is 0 Å². The van der Waals surface area contributed by atoms with E-state index in [4.69, 9.17) is 10.2 Å². The lowest BCUT2D eigenvalue weighted by molar-refractivity contribution is -0.151. The molecule has 6 heteroatoms. The molecule has 6 nitrogen and oxygen atoms in total. The van der Waals surface area contributed by atoms with Crippen molar-refractivity contribution in [1.29, 1.82) is 0 Å². The van der Waals surface area contributed by atoms with Gasteiger partial charge in [-0.25, -0.2) is 14.4 Å². The number of hydrogen-bond acceptors (Lipinski definition) is 4. The number of aliphatic carboxylic acids is 2. The second-order valence-corrected chi connectivity index (χ2v) is 1.53. The Bertz CT molecular complexity index is 267. The zero-order valence-electron chi connectivity index (χ0n) is 5.73. The molecule has 0 saturated heterocycles. The van der Waals surface area contributed by atoms with Crippen LogP contribution in [0.5, 0.6) is 0 Å². The van der Waals surface area contributed by atoms with Gasteiger partial charge < -0.3 is 14.9 Å². The van der Waals surface area contributed by atoms with E-state index >= 15 is 0 Å². The average molecular weight is 172 g/mol. The van der Waals surface area contributed by atoms with E-state index in [0.717, 1.165) is 0 Å². The van der Waals surface area contributed by atoms with Crippen LogP contribution in [0.3, 0.4) is 0 Å². The third kappa shape index (κ3) is 6.10. The van der Waals surface area contributed by atoms with E-state index in [-0.39, 0.29) is 0 Å². The van der Waals surface area contributed by atoms with E-state index in [1.165, 1.54) is 5.92 Å². The number of carboxylic acids is 2. The van der Waals surface area contributed by atoms with Gasteiger partial charge in [-0.05, 0) is 0 Å². The molecule has 0 unspecified atom stereocenters. The molecule has 0 aliphatic carbocycles. The maximum atomic E-state index is 10.3. The Labute approximate surface area is 66.7 Å². The molecule has 64 valence electrons. The van der Waals surface area contributed by atoms with Crippen molar-refractivity contribution < 1.29 is 29.3 Å². The zero-order chi connectivity index (χ0) is 9.56. The summed E-state index contributed by atoms with van der Waals surface area (Å²) in [6.07, 6.45) is 0. The first-order valence-electron chi connectivity index (χ1n) is 2.66. The first-order chi connectivity index (χ1) is 5.52. The minimum Gasteiger partial charge on any atom is -0.479 e. The van der Waals surface area contributed by atoms with Crippen molar-refractivity contribution in [2.45, 2.75) is 0 Å². The van der Waals surface area contributed by atoms with E-state index < -0.39 is 24.5 Å². The zero-order valence-corrected chi connectivity index (χ0v) is 5.73. The molecule has 0 fully saturated rings. The Morgan fingerprint density at radius 1 is 1.17 bits per heavy atom. The topological polar surface area (TPSA) is 101 Å². The summed E-state index contributed by atoms with van der Waals surface area (Å²) in [6, 6.07) is 0. The van der Waals surface area contributed by atoms with Crippen LogP contribution in [0, 0.1) is 11.8 Å². The molecule has 0 aromatic heterocycles. The molecule has 0 rings (SSSR count). The van der Waals surface area contributed by atoms with Crippen molar-refractivity contribution >= 4 is 17.9 Å². The second kappa shape index (κ2) is 4.73. The van der Waals surface area contributed by atoms with Crippen LogP contribution >= 0.6 is 0 Å². The lowest BCUT2D eigenvalue weighted by Gasteiger charge is -1.92. The predicted octanol–water partition coefficient (Wildman–Crippen LogP) is -1.30. The van der Waals surface area contributed by atoms with Crippen LogP contribution in [0.1, 0.15) is 0 Å². The second-order valence-electron chi connectivity index (χ2n) is 1.53. The first-order valence-corrected chi connectivity index (χ1v) is 2.66. The third-order valence-corrected chi connectivity index (χ3v) is 0.598. The van der Waals surface area contributed by atoms with Gasteiger partial charge in [0.15, 0.2) is 6.61 Å². The largest absolute Gasteiger partial charge is 0.479 e. The van der Waals surface area contributed by atoms with Crippen LogP contribution in [0.2, 0.25) is 0 Å². The Morgan fingerprint density at radius 2 is 1.75 bits per heavy atom. The molecule has 12 heavy (non-hydrogen) atoms. The van der Waals surface area contributed by atoms with Gasteiger partial charge in [0.1, 0.15) is 0 Å². The summed E-state index contributed by atoms with van der Waals surface area (Å²) >= 11 is 0. The van der Waals surface area contributed by atoms with Gasteiger partial charge in [-0.15, -0.1) is 0 Å². The van der Waals surface area contributed by atoms with Crippen molar-refractivity contribution in [2.75, 3.05) is 6.61 Å². The van der Waals surface area contributed by atoms with Gasteiger partial charge in [-0.2, -0.15) is 0 Å². The third-order valence-electron chi connectivity index (χ3n) is 0.598. The van der Waals surface area contributed by atoms with Crippen molar-refractivity contribution in [1.82, 2.24) is 0 Å². The molecular weight excluding hydrogens is 168 g/mol. The van der Waals surface area contributed by atoms with E-state index in [1.54, 1.807) is 5.92 Å². The molecule has 0 atom stereocenters. The highest BCUT2D eigenvalue weighted by atomic mass is 16.5. The van der Waals surface area contributed by atoms with Crippen molar-refractivity contribution in [3.8, 4) is 11.8 Å². The minimum atomic E-state index is -1.48. The van der Waals surface area contributed by atoms with Crippen molar-refractivity contribution in [2.24, 2.45) is 0 Å². The number of esters is 1. The summed E-state index contributed by atoms with van der Waals surface area (Å²) < 4.78 is 3.98. The van der Waals surface area contributed by atoms with Crippen LogP contribution in [0.25, 0.3) is 0 Å². The molecule has 0 bridgehead atoms. The maximum Gasteiger partial charge on any atom is 0.385 e. The number of carbonyl (C=O) groups is 3. The Kier molecular flexibility index (Phi) is 3.93. The standard InChI is InChI=1S/C6H4O6/c7-4(8)1-2-6(11)12-3-5(9)10/h3H2,(H,7,8)(H,9,10). The highest BCUT2D eigenvalue weighted by molar-refractivity contribution is 5.97. The fourth-order valence-corrected chi connectivity index (χ4v) is 0.268. The quantitative estimate of drug-likeness (QED) is 0.305. The van der Waals surface area contributed by atoms with Gasteiger partial charge >= 0.3 is 17.9 Å². The Morgan fingerprint density at radius 3 is 2.17 bits per heavy atom. The van der Waals surface area contributed by atoms with Crippen LogP contribution in [0.15, 0.2) is 0 Å². The van der Waals surface area contributed by atoms with Gasteiger partial charge in [0, 0.05) is 11.8 Å². The van der Waals surface area contributed by atoms with Gasteiger partial charge in [0.2, 0.25) is 0 Å². The molecule has 0 aliphatic rings. The molecule has 2 N–H and O–H groups in total. The van der Waals surface area contributed by atoms with Crippen LogP contribution in [-0.4, -0.2) is 34.7 Å². The fourth-order valence-electron chi connectivity index (χ4n) is 0.268. The lowest BCUT2D eigenvalue weighted by Crippen LogP contribution is -2.11. The van der Waals surface area contributed by atoms with E-state index in [2.05, 4.69) is 4.74 Å². The Balaban J connectivity index is 3.85. The molecule has 0 aliphatic heterocycles. The SMILES string of the molecule is O=C(O)C#CC(=O)OCC(=O)O. The molecule has 0 saturated carbocycles. The number of carbonyl (C=O) groups excluding carboxylic acids is 1. The average Bonchev–Trinajstić information content (AvgIpc) is 1.96. The normalized spacial score (nSPS) is 7.67. The molecule has 0 aromatic rings.